The van der Waals surface area contributed by atoms with Crippen molar-refractivity contribution in [3.63, 3.8) is 0 Å². The summed E-state index contributed by atoms with van der Waals surface area (Å²) in [5.41, 5.74) is 6.33. The highest BCUT2D eigenvalue weighted by Gasteiger charge is 2.21. The van der Waals surface area contributed by atoms with E-state index in [4.69, 9.17) is 0 Å². The molecule has 0 spiro atoms. The van der Waals surface area contributed by atoms with E-state index in [2.05, 4.69) is 36.2 Å². The first kappa shape index (κ1) is 15.3. The van der Waals surface area contributed by atoms with E-state index in [0.29, 0.717) is 0 Å². The van der Waals surface area contributed by atoms with Crippen molar-refractivity contribution in [3.05, 3.63) is 67.0 Å². The van der Waals surface area contributed by atoms with Crippen molar-refractivity contribution in [1.29, 1.82) is 0 Å². The second kappa shape index (κ2) is 7.67. The van der Waals surface area contributed by atoms with Gasteiger partial charge in [-0.1, -0.05) is 31.4 Å². The van der Waals surface area contributed by atoms with Crippen LogP contribution in [0.3, 0.4) is 0 Å². The second-order valence-corrected chi connectivity index (χ2v) is 4.38. The van der Waals surface area contributed by atoms with E-state index in [-0.39, 0.29) is 6.04 Å². The van der Waals surface area contributed by atoms with Crippen molar-refractivity contribution >= 4 is 0 Å². The summed E-state index contributed by atoms with van der Waals surface area (Å²) in [7, 11) is 3.88. The summed E-state index contributed by atoms with van der Waals surface area (Å²) in [5, 5.41) is 2.01. The zero-order valence-corrected chi connectivity index (χ0v) is 11.9. The average molecular weight is 257 g/mol. The lowest BCUT2D eigenvalue weighted by Gasteiger charge is -2.29. The average Bonchev–Trinajstić information content (AvgIpc) is 2.45. The summed E-state index contributed by atoms with van der Waals surface area (Å²) in [6, 6.07) is 4.09. The van der Waals surface area contributed by atoms with Crippen molar-refractivity contribution in [2.45, 2.75) is 18.9 Å². The van der Waals surface area contributed by atoms with Gasteiger partial charge in [-0.25, -0.2) is 5.01 Å². The molecule has 0 saturated heterocycles. The minimum atomic E-state index is 0.0380. The Hall–Kier alpha value is -1.71. The fourth-order valence-electron chi connectivity index (χ4n) is 2.04. The maximum absolute atomic E-state index is 4.49. The highest BCUT2D eigenvalue weighted by molar-refractivity contribution is 5.34. The number of hydrazine groups is 1. The van der Waals surface area contributed by atoms with Gasteiger partial charge in [0.1, 0.15) is 0 Å². The summed E-state index contributed by atoms with van der Waals surface area (Å²) in [6.07, 6.45) is 7.34. The lowest BCUT2D eigenvalue weighted by atomic mass is 9.96. The molecule has 1 heterocycles. The monoisotopic (exact) mass is 257 g/mol. The van der Waals surface area contributed by atoms with Crippen LogP contribution in [0.15, 0.2) is 55.8 Å². The highest BCUT2D eigenvalue weighted by Crippen LogP contribution is 2.28. The molecule has 1 unspecified atom stereocenters. The first-order chi connectivity index (χ1) is 9.15. The molecule has 1 aromatic heterocycles. The normalized spacial score (nSPS) is 12.2. The Kier molecular flexibility index (Phi) is 6.19. The maximum Gasteiger partial charge on any atom is 0.0751 e. The van der Waals surface area contributed by atoms with Crippen LogP contribution in [0.5, 0.6) is 0 Å². The van der Waals surface area contributed by atoms with Gasteiger partial charge in [-0.3, -0.25) is 10.4 Å². The predicted octanol–water partition coefficient (Wildman–Crippen LogP) is 3.05. The van der Waals surface area contributed by atoms with Crippen molar-refractivity contribution in [3.8, 4) is 0 Å². The van der Waals surface area contributed by atoms with E-state index in [1.165, 1.54) is 0 Å². The topological polar surface area (TPSA) is 28.2 Å². The molecule has 1 aromatic rings. The van der Waals surface area contributed by atoms with Crippen LogP contribution >= 0.6 is 0 Å². The van der Waals surface area contributed by atoms with Crippen molar-refractivity contribution in [2.75, 3.05) is 14.1 Å². The third-order valence-corrected chi connectivity index (χ3v) is 3.16. The van der Waals surface area contributed by atoms with Gasteiger partial charge in [0, 0.05) is 18.9 Å². The van der Waals surface area contributed by atoms with Crippen molar-refractivity contribution < 1.29 is 0 Å². The first-order valence-electron chi connectivity index (χ1n) is 6.41. The Bertz CT molecular complexity index is 451. The van der Waals surface area contributed by atoms with E-state index in [1.807, 2.05) is 37.4 Å². The van der Waals surface area contributed by atoms with Gasteiger partial charge in [-0.05, 0) is 37.1 Å². The van der Waals surface area contributed by atoms with Gasteiger partial charge in [0.2, 0.25) is 0 Å². The van der Waals surface area contributed by atoms with Gasteiger partial charge in [0.25, 0.3) is 0 Å². The Morgan fingerprint density at radius 2 is 2.26 bits per heavy atom. The van der Waals surface area contributed by atoms with Crippen LogP contribution in [-0.4, -0.2) is 24.1 Å². The van der Waals surface area contributed by atoms with Gasteiger partial charge >= 0.3 is 0 Å². The zero-order chi connectivity index (χ0) is 14.3. The molecule has 0 fully saturated rings. The van der Waals surface area contributed by atoms with E-state index in [9.17, 15) is 0 Å². The van der Waals surface area contributed by atoms with Crippen LogP contribution in [0.1, 0.15) is 23.7 Å². The quantitative estimate of drug-likeness (QED) is 0.441. The Balaban J connectivity index is 3.17. The molecule has 1 atom stereocenters. The summed E-state index contributed by atoms with van der Waals surface area (Å²) < 4.78 is 0. The summed E-state index contributed by atoms with van der Waals surface area (Å²) in [5.74, 6) is 0. The fraction of sp³-hybridized carbons (Fsp3) is 0.312. The number of aromatic nitrogens is 1. The molecule has 0 aliphatic carbocycles. The Morgan fingerprint density at radius 3 is 2.84 bits per heavy atom. The lowest BCUT2D eigenvalue weighted by molar-refractivity contribution is 0.209. The molecule has 102 valence electrons. The van der Waals surface area contributed by atoms with Crippen LogP contribution in [-0.2, 0) is 6.42 Å². The molecule has 1 rings (SSSR count). The molecule has 19 heavy (non-hydrogen) atoms. The number of likely N-dealkylation sites (N-methyl/N-ethyl adjacent to an activating group) is 1. The number of allylic oxidation sites excluding steroid dienone is 1. The summed E-state index contributed by atoms with van der Waals surface area (Å²) in [6.45, 7) is 11.7. The summed E-state index contributed by atoms with van der Waals surface area (Å²) in [4.78, 5) is 4.49. The van der Waals surface area contributed by atoms with Crippen LogP contribution in [0.25, 0.3) is 0 Å². The Morgan fingerprint density at radius 1 is 1.53 bits per heavy atom. The molecule has 3 heteroatoms. The largest absolute Gasteiger partial charge is 0.261 e. The van der Waals surface area contributed by atoms with E-state index in [1.54, 1.807) is 6.08 Å². The number of hydrogen-bond acceptors (Lipinski definition) is 3. The SMILES string of the molecule is C=CCCc1ncccc1C(C(=C)C=C)N(C)NC. The van der Waals surface area contributed by atoms with E-state index < -0.39 is 0 Å². The maximum atomic E-state index is 4.49. The number of aryl methyl sites for hydroxylation is 1. The van der Waals surface area contributed by atoms with Gasteiger partial charge in [0.15, 0.2) is 0 Å². The molecule has 0 aromatic carbocycles. The standard InChI is InChI=1S/C16H23N3/c1-6-8-11-15-14(10-9-12-18-15)16(13(3)7-2)19(5)17-4/h6-7,9-10,12,16-17H,1-3,8,11H2,4-5H3. The van der Waals surface area contributed by atoms with Gasteiger partial charge < -0.3 is 0 Å². The highest BCUT2D eigenvalue weighted by atomic mass is 15.5. The summed E-state index contributed by atoms with van der Waals surface area (Å²) >= 11 is 0. The molecule has 0 aliphatic heterocycles. The van der Waals surface area contributed by atoms with Gasteiger partial charge in [0.05, 0.1) is 6.04 Å². The molecular formula is C16H23N3. The van der Waals surface area contributed by atoms with Crippen LogP contribution in [0, 0.1) is 0 Å². The van der Waals surface area contributed by atoms with Crippen LogP contribution < -0.4 is 5.43 Å². The predicted molar refractivity (Wildman–Crippen MR) is 81.7 cm³/mol. The van der Waals surface area contributed by atoms with E-state index in [0.717, 1.165) is 29.7 Å². The first-order valence-corrected chi connectivity index (χ1v) is 6.41. The minimum Gasteiger partial charge on any atom is -0.261 e. The van der Waals surface area contributed by atoms with Crippen molar-refractivity contribution in [1.82, 2.24) is 15.4 Å². The zero-order valence-electron chi connectivity index (χ0n) is 11.9. The molecule has 0 saturated carbocycles. The molecule has 0 aliphatic rings. The molecule has 0 bridgehead atoms. The van der Waals surface area contributed by atoms with Crippen LogP contribution in [0.4, 0.5) is 0 Å². The number of rotatable bonds is 8. The number of pyridine rings is 1. The van der Waals surface area contributed by atoms with Gasteiger partial charge in [-0.2, -0.15) is 0 Å². The number of hydrogen-bond donors (Lipinski definition) is 1. The number of nitrogens with zero attached hydrogens (tertiary/aromatic N) is 2. The molecular weight excluding hydrogens is 234 g/mol. The molecule has 0 radical (unpaired) electrons. The van der Waals surface area contributed by atoms with Gasteiger partial charge in [-0.15, -0.1) is 6.58 Å². The molecule has 3 nitrogen and oxygen atoms in total. The number of nitrogens with one attached hydrogen (secondary N) is 1. The third kappa shape index (κ3) is 3.88. The lowest BCUT2D eigenvalue weighted by Crippen LogP contribution is -2.36. The van der Waals surface area contributed by atoms with E-state index >= 15 is 0 Å². The minimum absolute atomic E-state index is 0.0380. The Labute approximate surface area is 116 Å². The van der Waals surface area contributed by atoms with Crippen LogP contribution in [0.2, 0.25) is 0 Å². The smallest absolute Gasteiger partial charge is 0.0751 e. The molecule has 1 N–H and O–H groups in total. The van der Waals surface area contributed by atoms with Crippen molar-refractivity contribution in [2.24, 2.45) is 0 Å². The molecule has 0 amide bonds. The third-order valence-electron chi connectivity index (χ3n) is 3.16. The fourth-order valence-corrected chi connectivity index (χ4v) is 2.04. The second-order valence-electron chi connectivity index (χ2n) is 4.38.